The van der Waals surface area contributed by atoms with E-state index in [1.54, 1.807) is 6.21 Å². The summed E-state index contributed by atoms with van der Waals surface area (Å²) in [4.78, 5) is 11.7. The van der Waals surface area contributed by atoms with Crippen LogP contribution in [-0.4, -0.2) is 12.1 Å². The van der Waals surface area contributed by atoms with Gasteiger partial charge >= 0.3 is 0 Å². The second-order valence-corrected chi connectivity index (χ2v) is 6.32. The molecule has 1 rings (SSSR count). The number of rotatable bonds is 12. The SMILES string of the molecule is CCCCCCCCCCC(=O)N/N=C/C(C)=C/c1ccccc1. The normalized spacial score (nSPS) is 11.8. The van der Waals surface area contributed by atoms with E-state index in [2.05, 4.69) is 17.5 Å². The Morgan fingerprint density at radius 1 is 1.00 bits per heavy atom. The molecule has 0 aliphatic rings. The van der Waals surface area contributed by atoms with Gasteiger partial charge in [-0.3, -0.25) is 4.79 Å². The van der Waals surface area contributed by atoms with E-state index in [0.717, 1.165) is 24.0 Å². The minimum atomic E-state index is 0.00439. The number of hydrogen-bond acceptors (Lipinski definition) is 2. The Kier molecular flexibility index (Phi) is 11.4. The molecule has 1 aromatic rings. The monoisotopic (exact) mass is 328 g/mol. The van der Waals surface area contributed by atoms with Gasteiger partial charge in [-0.05, 0) is 24.5 Å². The highest BCUT2D eigenvalue weighted by Crippen LogP contribution is 2.09. The molecular formula is C21H32N2O. The smallest absolute Gasteiger partial charge is 0.240 e. The number of amides is 1. The lowest BCUT2D eigenvalue weighted by molar-refractivity contribution is -0.121. The minimum Gasteiger partial charge on any atom is -0.273 e. The van der Waals surface area contributed by atoms with Gasteiger partial charge in [0.1, 0.15) is 0 Å². The first-order valence-electron chi connectivity index (χ1n) is 9.27. The van der Waals surface area contributed by atoms with Gasteiger partial charge in [-0.25, -0.2) is 5.43 Å². The van der Waals surface area contributed by atoms with Crippen LogP contribution in [0.1, 0.15) is 77.2 Å². The van der Waals surface area contributed by atoms with E-state index >= 15 is 0 Å². The summed E-state index contributed by atoms with van der Waals surface area (Å²) in [5.74, 6) is 0.00439. The molecule has 0 saturated heterocycles. The molecule has 0 spiro atoms. The Balaban J connectivity index is 2.09. The third-order valence-corrected chi connectivity index (χ3v) is 3.91. The maximum atomic E-state index is 11.7. The minimum absolute atomic E-state index is 0.00439. The van der Waals surface area contributed by atoms with Gasteiger partial charge in [0.15, 0.2) is 0 Å². The average molecular weight is 329 g/mol. The van der Waals surface area contributed by atoms with E-state index in [0.29, 0.717) is 6.42 Å². The number of hydrazone groups is 1. The van der Waals surface area contributed by atoms with Crippen LogP contribution in [0.5, 0.6) is 0 Å². The first kappa shape index (κ1) is 20.1. The van der Waals surface area contributed by atoms with Crippen LogP contribution < -0.4 is 5.43 Å². The van der Waals surface area contributed by atoms with Crippen LogP contribution in [0.25, 0.3) is 6.08 Å². The average Bonchev–Trinajstić information content (AvgIpc) is 2.58. The van der Waals surface area contributed by atoms with Crippen LogP contribution in [0.2, 0.25) is 0 Å². The van der Waals surface area contributed by atoms with Crippen molar-refractivity contribution < 1.29 is 4.79 Å². The van der Waals surface area contributed by atoms with Crippen LogP contribution in [0.4, 0.5) is 0 Å². The maximum Gasteiger partial charge on any atom is 0.240 e. The molecule has 0 unspecified atom stereocenters. The van der Waals surface area contributed by atoms with Crippen molar-refractivity contribution in [1.29, 1.82) is 0 Å². The second-order valence-electron chi connectivity index (χ2n) is 6.32. The number of benzene rings is 1. The van der Waals surface area contributed by atoms with Gasteiger partial charge in [0.2, 0.25) is 5.91 Å². The summed E-state index contributed by atoms with van der Waals surface area (Å²) in [6.45, 7) is 4.21. The Labute approximate surface area is 147 Å². The molecule has 0 fully saturated rings. The van der Waals surface area contributed by atoms with E-state index < -0.39 is 0 Å². The van der Waals surface area contributed by atoms with Crippen molar-refractivity contribution in [1.82, 2.24) is 5.43 Å². The molecule has 132 valence electrons. The van der Waals surface area contributed by atoms with Crippen LogP contribution in [0, 0.1) is 0 Å². The van der Waals surface area contributed by atoms with Gasteiger partial charge in [-0.15, -0.1) is 0 Å². The van der Waals surface area contributed by atoms with Crippen molar-refractivity contribution in [3.63, 3.8) is 0 Å². The summed E-state index contributed by atoms with van der Waals surface area (Å²) in [6, 6.07) is 10.1. The van der Waals surface area contributed by atoms with Crippen molar-refractivity contribution in [2.45, 2.75) is 71.6 Å². The van der Waals surface area contributed by atoms with Crippen molar-refractivity contribution in [2.24, 2.45) is 5.10 Å². The fourth-order valence-electron chi connectivity index (χ4n) is 2.53. The van der Waals surface area contributed by atoms with Crippen molar-refractivity contribution >= 4 is 18.2 Å². The predicted octanol–water partition coefficient (Wildman–Crippen LogP) is 5.72. The first-order valence-corrected chi connectivity index (χ1v) is 9.27. The van der Waals surface area contributed by atoms with Gasteiger partial charge in [0.25, 0.3) is 0 Å². The Morgan fingerprint density at radius 3 is 2.29 bits per heavy atom. The third kappa shape index (κ3) is 10.8. The first-order chi connectivity index (χ1) is 11.7. The van der Waals surface area contributed by atoms with Crippen LogP contribution in [0.15, 0.2) is 41.0 Å². The topological polar surface area (TPSA) is 41.5 Å². The van der Waals surface area contributed by atoms with Crippen LogP contribution >= 0.6 is 0 Å². The van der Waals surface area contributed by atoms with E-state index in [4.69, 9.17) is 0 Å². The lowest BCUT2D eigenvalue weighted by Crippen LogP contribution is -2.16. The highest BCUT2D eigenvalue weighted by molar-refractivity contribution is 5.86. The van der Waals surface area contributed by atoms with Crippen molar-refractivity contribution in [3.05, 3.63) is 41.5 Å². The highest BCUT2D eigenvalue weighted by Gasteiger charge is 1.99. The molecule has 3 heteroatoms. The summed E-state index contributed by atoms with van der Waals surface area (Å²) < 4.78 is 0. The van der Waals surface area contributed by atoms with Gasteiger partial charge in [0.05, 0.1) is 6.21 Å². The zero-order chi connectivity index (χ0) is 17.5. The van der Waals surface area contributed by atoms with Gasteiger partial charge < -0.3 is 0 Å². The highest BCUT2D eigenvalue weighted by atomic mass is 16.2. The van der Waals surface area contributed by atoms with E-state index in [1.807, 2.05) is 43.3 Å². The van der Waals surface area contributed by atoms with E-state index in [1.165, 1.54) is 38.5 Å². The quantitative estimate of drug-likeness (QED) is 0.297. The molecular weight excluding hydrogens is 296 g/mol. The lowest BCUT2D eigenvalue weighted by Gasteiger charge is -2.01. The fraction of sp³-hybridized carbons (Fsp3) is 0.524. The van der Waals surface area contributed by atoms with Gasteiger partial charge in [-0.2, -0.15) is 5.10 Å². The van der Waals surface area contributed by atoms with Gasteiger partial charge in [-0.1, -0.05) is 88.3 Å². The van der Waals surface area contributed by atoms with Crippen molar-refractivity contribution in [2.75, 3.05) is 0 Å². The van der Waals surface area contributed by atoms with E-state index in [-0.39, 0.29) is 5.91 Å². The fourth-order valence-corrected chi connectivity index (χ4v) is 2.53. The summed E-state index contributed by atoms with van der Waals surface area (Å²) in [6.07, 6.45) is 14.2. The molecule has 0 radical (unpaired) electrons. The zero-order valence-corrected chi connectivity index (χ0v) is 15.3. The zero-order valence-electron chi connectivity index (χ0n) is 15.3. The molecule has 0 saturated carbocycles. The summed E-state index contributed by atoms with van der Waals surface area (Å²) in [5, 5.41) is 4.02. The number of allylic oxidation sites excluding steroid dienone is 1. The van der Waals surface area contributed by atoms with E-state index in [9.17, 15) is 4.79 Å². The summed E-state index contributed by atoms with van der Waals surface area (Å²) >= 11 is 0. The van der Waals surface area contributed by atoms with Crippen molar-refractivity contribution in [3.8, 4) is 0 Å². The Bertz CT molecular complexity index is 506. The molecule has 0 aliphatic carbocycles. The number of carbonyl (C=O) groups is 1. The predicted molar refractivity (Wildman–Crippen MR) is 104 cm³/mol. The number of nitrogens with zero attached hydrogens (tertiary/aromatic N) is 1. The Hall–Kier alpha value is -1.90. The molecule has 1 N–H and O–H groups in total. The number of carbonyl (C=O) groups excluding carboxylic acids is 1. The summed E-state index contributed by atoms with van der Waals surface area (Å²) in [7, 11) is 0. The second kappa shape index (κ2) is 13.5. The summed E-state index contributed by atoms with van der Waals surface area (Å²) in [5.41, 5.74) is 4.75. The standard InChI is InChI=1S/C21H32N2O/c1-3-4-5-6-7-8-9-13-16-21(24)23-22-18-19(2)17-20-14-11-10-12-15-20/h10-12,14-15,17-18H,3-9,13,16H2,1-2H3,(H,23,24)/b19-17+,22-18+. The molecule has 0 heterocycles. The molecule has 3 nitrogen and oxygen atoms in total. The molecule has 1 amide bonds. The maximum absolute atomic E-state index is 11.7. The number of nitrogens with one attached hydrogen (secondary N) is 1. The molecule has 0 atom stereocenters. The number of unbranched alkanes of at least 4 members (excludes halogenated alkanes) is 7. The molecule has 1 aromatic carbocycles. The Morgan fingerprint density at radius 2 is 1.62 bits per heavy atom. The van der Waals surface area contributed by atoms with Gasteiger partial charge in [0, 0.05) is 6.42 Å². The lowest BCUT2D eigenvalue weighted by atomic mass is 10.1. The molecule has 0 aliphatic heterocycles. The third-order valence-electron chi connectivity index (χ3n) is 3.91. The molecule has 0 aromatic heterocycles. The molecule has 0 bridgehead atoms. The molecule has 24 heavy (non-hydrogen) atoms. The number of hydrogen-bond donors (Lipinski definition) is 1. The largest absolute Gasteiger partial charge is 0.273 e. The van der Waals surface area contributed by atoms with Crippen LogP contribution in [-0.2, 0) is 4.79 Å². The van der Waals surface area contributed by atoms with Crippen LogP contribution in [0.3, 0.4) is 0 Å².